The van der Waals surface area contributed by atoms with Crippen LogP contribution in [0.5, 0.6) is 11.5 Å². The van der Waals surface area contributed by atoms with E-state index in [9.17, 15) is 9.90 Å². The van der Waals surface area contributed by atoms with Gasteiger partial charge in [-0.25, -0.2) is 0 Å². The quantitative estimate of drug-likeness (QED) is 0.887. The predicted molar refractivity (Wildman–Crippen MR) is 93.8 cm³/mol. The Bertz CT molecular complexity index is 703. The zero-order valence-electron chi connectivity index (χ0n) is 13.7. The third-order valence-electron chi connectivity index (χ3n) is 4.41. The van der Waals surface area contributed by atoms with Crippen molar-refractivity contribution in [2.45, 2.75) is 6.42 Å². The highest BCUT2D eigenvalue weighted by Gasteiger charge is 2.23. The number of amides is 1. The number of anilines is 1. The van der Waals surface area contributed by atoms with Crippen molar-refractivity contribution in [3.63, 3.8) is 0 Å². The molecule has 0 bridgehead atoms. The van der Waals surface area contributed by atoms with Gasteiger partial charge in [-0.1, -0.05) is 18.2 Å². The van der Waals surface area contributed by atoms with Crippen molar-refractivity contribution >= 4 is 11.6 Å². The van der Waals surface area contributed by atoms with Gasteiger partial charge in [-0.05, 0) is 36.6 Å². The molecule has 0 saturated carbocycles. The zero-order chi connectivity index (χ0) is 16.9. The summed E-state index contributed by atoms with van der Waals surface area (Å²) in [6, 6.07) is 15.0. The average molecular weight is 326 g/mol. The number of methoxy groups -OCH3 is 1. The zero-order valence-corrected chi connectivity index (χ0v) is 13.7. The smallest absolute Gasteiger partial charge is 0.255 e. The summed E-state index contributed by atoms with van der Waals surface area (Å²) in [5.74, 6) is 0.616. The number of nitrogens with zero attached hydrogens (tertiary/aromatic N) is 1. The van der Waals surface area contributed by atoms with Crippen LogP contribution in [0.15, 0.2) is 48.5 Å². The molecule has 0 unspecified atom stereocenters. The van der Waals surface area contributed by atoms with Crippen molar-refractivity contribution in [3.8, 4) is 11.5 Å². The molecule has 2 aromatic carbocycles. The molecule has 0 aliphatic carbocycles. The number of phenols is 1. The monoisotopic (exact) mass is 326 g/mol. The summed E-state index contributed by atoms with van der Waals surface area (Å²) in [7, 11) is 1.52. The molecule has 5 heteroatoms. The van der Waals surface area contributed by atoms with E-state index in [0.29, 0.717) is 18.2 Å². The maximum Gasteiger partial charge on any atom is 0.255 e. The number of hydrogen-bond acceptors (Lipinski definition) is 4. The van der Waals surface area contributed by atoms with E-state index in [1.807, 2.05) is 18.2 Å². The van der Waals surface area contributed by atoms with Crippen LogP contribution in [-0.2, 0) is 0 Å². The van der Waals surface area contributed by atoms with Gasteiger partial charge in [-0.3, -0.25) is 4.79 Å². The van der Waals surface area contributed by atoms with Gasteiger partial charge in [0.25, 0.3) is 5.91 Å². The van der Waals surface area contributed by atoms with Gasteiger partial charge in [0, 0.05) is 31.4 Å². The minimum atomic E-state index is -0.256. The van der Waals surface area contributed by atoms with Crippen LogP contribution in [0.4, 0.5) is 5.69 Å². The number of nitrogens with one attached hydrogen (secondary N) is 1. The molecule has 2 aromatic rings. The Kier molecular flexibility index (Phi) is 4.89. The molecule has 0 spiro atoms. The summed E-state index contributed by atoms with van der Waals surface area (Å²) in [5, 5.41) is 12.9. The Hall–Kier alpha value is -2.69. The number of benzene rings is 2. The fraction of sp³-hybridized carbons (Fsp3) is 0.316. The second kappa shape index (κ2) is 7.25. The molecule has 0 aromatic heterocycles. The Morgan fingerprint density at radius 2 is 2.08 bits per heavy atom. The van der Waals surface area contributed by atoms with E-state index in [4.69, 9.17) is 4.74 Å². The van der Waals surface area contributed by atoms with Crippen molar-refractivity contribution in [1.29, 1.82) is 0 Å². The van der Waals surface area contributed by atoms with Gasteiger partial charge in [0.15, 0.2) is 0 Å². The first-order valence-corrected chi connectivity index (χ1v) is 8.12. The Labute approximate surface area is 141 Å². The van der Waals surface area contributed by atoms with Crippen LogP contribution in [0.3, 0.4) is 0 Å². The molecule has 1 aliphatic heterocycles. The molecule has 1 heterocycles. The summed E-state index contributed by atoms with van der Waals surface area (Å²) in [4.78, 5) is 14.6. The molecule has 1 amide bonds. The van der Waals surface area contributed by atoms with Crippen LogP contribution in [0, 0.1) is 5.92 Å². The lowest BCUT2D eigenvalue weighted by atomic mass is 10.1. The Balaban J connectivity index is 1.54. The third-order valence-corrected chi connectivity index (χ3v) is 4.41. The molecule has 1 fully saturated rings. The van der Waals surface area contributed by atoms with Gasteiger partial charge < -0.3 is 20.1 Å². The molecule has 0 radical (unpaired) electrons. The summed E-state index contributed by atoms with van der Waals surface area (Å²) < 4.78 is 5.03. The van der Waals surface area contributed by atoms with E-state index in [1.165, 1.54) is 18.9 Å². The SMILES string of the molecule is COc1ccc(C(=O)NC[C@H]2CCN(c3ccccc3)C2)c(O)c1. The molecular weight excluding hydrogens is 304 g/mol. The van der Waals surface area contributed by atoms with Crippen molar-refractivity contribution < 1.29 is 14.6 Å². The summed E-state index contributed by atoms with van der Waals surface area (Å²) >= 11 is 0. The number of rotatable bonds is 5. The second-order valence-corrected chi connectivity index (χ2v) is 6.03. The number of carbonyl (C=O) groups is 1. The van der Waals surface area contributed by atoms with Crippen LogP contribution in [0.25, 0.3) is 0 Å². The molecule has 5 nitrogen and oxygen atoms in total. The Morgan fingerprint density at radius 3 is 2.79 bits per heavy atom. The molecule has 24 heavy (non-hydrogen) atoms. The van der Waals surface area contributed by atoms with E-state index in [2.05, 4.69) is 22.3 Å². The molecule has 1 saturated heterocycles. The fourth-order valence-corrected chi connectivity index (χ4v) is 3.04. The first-order valence-electron chi connectivity index (χ1n) is 8.12. The average Bonchev–Trinajstić information content (AvgIpc) is 3.09. The van der Waals surface area contributed by atoms with Crippen LogP contribution in [-0.4, -0.2) is 37.8 Å². The maximum atomic E-state index is 12.2. The normalized spacial score (nSPS) is 16.9. The minimum absolute atomic E-state index is 0.0656. The van der Waals surface area contributed by atoms with Crippen molar-refractivity contribution in [1.82, 2.24) is 5.32 Å². The van der Waals surface area contributed by atoms with E-state index in [0.717, 1.165) is 19.5 Å². The summed E-state index contributed by atoms with van der Waals surface area (Å²) in [6.45, 7) is 2.53. The Morgan fingerprint density at radius 1 is 1.29 bits per heavy atom. The number of para-hydroxylation sites is 1. The molecule has 1 atom stereocenters. The minimum Gasteiger partial charge on any atom is -0.507 e. The van der Waals surface area contributed by atoms with Gasteiger partial charge in [-0.15, -0.1) is 0 Å². The largest absolute Gasteiger partial charge is 0.507 e. The highest BCUT2D eigenvalue weighted by Crippen LogP contribution is 2.25. The van der Waals surface area contributed by atoms with Gasteiger partial charge in [-0.2, -0.15) is 0 Å². The van der Waals surface area contributed by atoms with Crippen LogP contribution in [0.2, 0.25) is 0 Å². The number of aromatic hydroxyl groups is 1. The van der Waals surface area contributed by atoms with Crippen molar-refractivity contribution in [2.75, 3.05) is 31.6 Å². The molecule has 2 N–H and O–H groups in total. The number of phenolic OH excluding ortho intramolecular Hbond substituents is 1. The second-order valence-electron chi connectivity index (χ2n) is 6.03. The van der Waals surface area contributed by atoms with E-state index < -0.39 is 0 Å². The van der Waals surface area contributed by atoms with Gasteiger partial charge in [0.2, 0.25) is 0 Å². The summed E-state index contributed by atoms with van der Waals surface area (Å²) in [6.07, 6.45) is 1.05. The van der Waals surface area contributed by atoms with Crippen molar-refractivity contribution in [3.05, 3.63) is 54.1 Å². The highest BCUT2D eigenvalue weighted by molar-refractivity contribution is 5.97. The van der Waals surface area contributed by atoms with Crippen LogP contribution >= 0.6 is 0 Å². The topological polar surface area (TPSA) is 61.8 Å². The van der Waals surface area contributed by atoms with Gasteiger partial charge in [0.05, 0.1) is 12.7 Å². The number of carbonyl (C=O) groups excluding carboxylic acids is 1. The molecular formula is C19H22N2O3. The lowest BCUT2D eigenvalue weighted by Gasteiger charge is -2.18. The predicted octanol–water partition coefficient (Wildman–Crippen LogP) is 2.66. The standard InChI is InChI=1S/C19H22N2O3/c1-24-16-7-8-17(18(22)11-16)19(23)20-12-14-9-10-21(13-14)15-5-3-2-4-6-15/h2-8,11,14,22H,9-10,12-13H2,1H3,(H,20,23)/t14-/m1/s1. The van der Waals surface area contributed by atoms with E-state index in [-0.39, 0.29) is 17.2 Å². The number of ether oxygens (including phenoxy) is 1. The maximum absolute atomic E-state index is 12.2. The number of hydrogen-bond donors (Lipinski definition) is 2. The van der Waals surface area contributed by atoms with Crippen LogP contribution < -0.4 is 15.0 Å². The van der Waals surface area contributed by atoms with Gasteiger partial charge in [0.1, 0.15) is 11.5 Å². The van der Waals surface area contributed by atoms with Crippen LogP contribution in [0.1, 0.15) is 16.8 Å². The molecule has 126 valence electrons. The lowest BCUT2D eigenvalue weighted by molar-refractivity contribution is 0.0945. The molecule has 3 rings (SSSR count). The van der Waals surface area contributed by atoms with Crippen molar-refractivity contribution in [2.24, 2.45) is 5.92 Å². The summed E-state index contributed by atoms with van der Waals surface area (Å²) in [5.41, 5.74) is 1.49. The molecule has 1 aliphatic rings. The first-order chi connectivity index (χ1) is 11.7. The third kappa shape index (κ3) is 3.62. The van der Waals surface area contributed by atoms with E-state index in [1.54, 1.807) is 12.1 Å². The van der Waals surface area contributed by atoms with Gasteiger partial charge >= 0.3 is 0 Å². The highest BCUT2D eigenvalue weighted by atomic mass is 16.5. The lowest BCUT2D eigenvalue weighted by Crippen LogP contribution is -2.31. The first kappa shape index (κ1) is 16.2. The van der Waals surface area contributed by atoms with E-state index >= 15 is 0 Å². The fourth-order valence-electron chi connectivity index (χ4n) is 3.04.